The second-order valence-electron chi connectivity index (χ2n) is 16.9. The highest BCUT2D eigenvalue weighted by atomic mass is 35.5. The normalized spacial score (nSPS) is 13.8. The van der Waals surface area contributed by atoms with Crippen molar-refractivity contribution < 1.29 is 24.2 Å². The quantitative estimate of drug-likeness (QED) is 0.113. The van der Waals surface area contributed by atoms with E-state index in [2.05, 4.69) is 21.5 Å². The van der Waals surface area contributed by atoms with E-state index in [0.717, 1.165) is 67.1 Å². The number of hydrogen-bond acceptors (Lipinski definition) is 7. The van der Waals surface area contributed by atoms with E-state index in [1.54, 1.807) is 21.9 Å². The number of carboxylic acids is 1. The first-order valence-electron chi connectivity index (χ1n) is 21.6. The maximum atomic E-state index is 15.8. The molecule has 65 heavy (non-hydrogen) atoms. The third-order valence-corrected chi connectivity index (χ3v) is 13.2. The zero-order chi connectivity index (χ0) is 45.7. The average molecular weight is 908 g/mol. The number of ether oxygens (including phenoxy) is 2. The number of carbonyl (C=O) groups is 2. The summed E-state index contributed by atoms with van der Waals surface area (Å²) in [7, 11) is 0. The van der Waals surface area contributed by atoms with Crippen LogP contribution in [0.5, 0.6) is 11.5 Å². The number of anilines is 1. The van der Waals surface area contributed by atoms with Crippen molar-refractivity contribution in [3.63, 3.8) is 0 Å². The first-order valence-corrected chi connectivity index (χ1v) is 22.4. The molecule has 1 amide bonds. The number of hydrogen-bond donors (Lipinski definition) is 1. The van der Waals surface area contributed by atoms with Crippen molar-refractivity contribution in [3.8, 4) is 22.6 Å². The van der Waals surface area contributed by atoms with E-state index in [9.17, 15) is 9.90 Å². The Hall–Kier alpha value is -6.69. The standard InChI is InChI=1S/C52H48Cl2N6O5/c1-29-20-38(21-30(2)47(29)54)64-19-11-16-40-41-17-18-42(53)46(45-33(5)55-28-56-34(45)6)49(41)60-32(4)25-59(51(61)50(40)60)43-24-39(65-27-35-13-8-7-9-14-35)22-36-23-44(52(62)63)58(48(36)43)26-37-15-10-12-31(3)57-37/h7-10,12-15,17-18,20-24,28,32H,11,16,19,25-27H2,1-6H3,(H,62,63)/t32-/m1/s1. The first-order chi connectivity index (χ1) is 31.3. The zero-order valence-corrected chi connectivity index (χ0v) is 38.6. The molecule has 5 heterocycles. The van der Waals surface area contributed by atoms with Gasteiger partial charge in [0.2, 0.25) is 0 Å². The Morgan fingerprint density at radius 3 is 2.26 bits per heavy atom. The van der Waals surface area contributed by atoms with E-state index < -0.39 is 5.97 Å². The van der Waals surface area contributed by atoms with Gasteiger partial charge in [0, 0.05) is 62.7 Å². The molecule has 0 fully saturated rings. The second kappa shape index (κ2) is 17.7. The zero-order valence-electron chi connectivity index (χ0n) is 37.1. The van der Waals surface area contributed by atoms with E-state index in [1.165, 1.54) is 0 Å². The van der Waals surface area contributed by atoms with Crippen molar-refractivity contribution >= 4 is 62.6 Å². The molecule has 8 aromatic rings. The molecule has 1 atom stereocenters. The summed E-state index contributed by atoms with van der Waals surface area (Å²) in [5.74, 6) is -0.104. The maximum Gasteiger partial charge on any atom is 0.352 e. The smallest absolute Gasteiger partial charge is 0.352 e. The third kappa shape index (κ3) is 8.19. The molecule has 330 valence electrons. The lowest BCUT2D eigenvalue weighted by Crippen LogP contribution is -2.43. The number of aromatic carboxylic acids is 1. The maximum absolute atomic E-state index is 15.8. The lowest BCUT2D eigenvalue weighted by molar-refractivity contribution is 0.0686. The number of aromatic nitrogens is 5. The highest BCUT2D eigenvalue weighted by Crippen LogP contribution is 2.46. The van der Waals surface area contributed by atoms with E-state index in [-0.39, 0.29) is 37.3 Å². The number of halogens is 2. The number of fused-ring (bicyclic) bond motifs is 4. The number of aryl methyl sites for hydroxylation is 6. The van der Waals surface area contributed by atoms with Crippen LogP contribution in [0.2, 0.25) is 10.0 Å². The van der Waals surface area contributed by atoms with Crippen molar-refractivity contribution in [1.82, 2.24) is 24.1 Å². The molecule has 1 aliphatic rings. The van der Waals surface area contributed by atoms with Crippen LogP contribution in [0.3, 0.4) is 0 Å². The van der Waals surface area contributed by atoms with Gasteiger partial charge in [-0.05, 0) is 119 Å². The van der Waals surface area contributed by atoms with Crippen LogP contribution in [0.4, 0.5) is 5.69 Å². The van der Waals surface area contributed by atoms with Crippen LogP contribution in [-0.4, -0.2) is 54.2 Å². The van der Waals surface area contributed by atoms with Crippen molar-refractivity contribution in [1.29, 1.82) is 0 Å². The Labute approximate surface area is 387 Å². The SMILES string of the molecule is Cc1cccc(Cn2c(C(=O)O)cc3cc(OCc4ccccc4)cc(N4C[C@@H](C)n5c(c(CCCOc6cc(C)c(Cl)c(C)c6)c6ccc(Cl)c(-c7c(C)ncnc7C)c65)C4=O)c32)n1. The van der Waals surface area contributed by atoms with E-state index in [4.69, 9.17) is 37.7 Å². The molecule has 11 nitrogen and oxygen atoms in total. The molecule has 0 saturated heterocycles. The van der Waals surface area contributed by atoms with Crippen LogP contribution in [0.15, 0.2) is 97.3 Å². The van der Waals surface area contributed by atoms with Gasteiger partial charge in [-0.25, -0.2) is 14.8 Å². The van der Waals surface area contributed by atoms with Gasteiger partial charge in [-0.3, -0.25) is 9.78 Å². The number of rotatable bonds is 13. The van der Waals surface area contributed by atoms with Gasteiger partial charge in [0.1, 0.15) is 35.8 Å². The summed E-state index contributed by atoms with van der Waals surface area (Å²) in [6, 6.07) is 28.4. The van der Waals surface area contributed by atoms with Crippen LogP contribution in [0.25, 0.3) is 32.9 Å². The molecule has 13 heteroatoms. The summed E-state index contributed by atoms with van der Waals surface area (Å²) >= 11 is 13.7. The number of pyridine rings is 1. The predicted octanol–water partition coefficient (Wildman–Crippen LogP) is 11.9. The molecule has 1 aliphatic heterocycles. The fraction of sp³-hybridized carbons (Fsp3) is 0.250. The Morgan fingerprint density at radius 2 is 1.55 bits per heavy atom. The number of nitrogens with zero attached hydrogens (tertiary/aromatic N) is 6. The monoisotopic (exact) mass is 906 g/mol. The fourth-order valence-electron chi connectivity index (χ4n) is 9.34. The molecular formula is C52H48Cl2N6O5. The highest BCUT2D eigenvalue weighted by molar-refractivity contribution is 6.35. The summed E-state index contributed by atoms with van der Waals surface area (Å²) in [4.78, 5) is 44.5. The third-order valence-electron chi connectivity index (χ3n) is 12.3. The van der Waals surface area contributed by atoms with Crippen molar-refractivity contribution in [2.45, 2.75) is 73.6 Å². The lowest BCUT2D eigenvalue weighted by atomic mass is 9.97. The molecule has 0 aliphatic carbocycles. The Kier molecular flexibility index (Phi) is 11.9. The van der Waals surface area contributed by atoms with Crippen LogP contribution in [0, 0.1) is 34.6 Å². The van der Waals surface area contributed by atoms with Crippen LogP contribution >= 0.6 is 23.2 Å². The Bertz CT molecular complexity index is 3140. The second-order valence-corrected chi connectivity index (χ2v) is 17.7. The number of benzene rings is 4. The minimum absolute atomic E-state index is 0.0678. The van der Waals surface area contributed by atoms with Gasteiger partial charge in [0.25, 0.3) is 5.91 Å². The minimum atomic E-state index is -1.10. The molecule has 0 radical (unpaired) electrons. The molecule has 0 unspecified atom stereocenters. The summed E-state index contributed by atoms with van der Waals surface area (Å²) in [6.07, 6.45) is 2.66. The van der Waals surface area contributed by atoms with Crippen LogP contribution < -0.4 is 14.4 Å². The molecule has 9 rings (SSSR count). The van der Waals surface area contributed by atoms with Gasteiger partial charge < -0.3 is 28.6 Å². The summed E-state index contributed by atoms with van der Waals surface area (Å²) in [5, 5.41) is 13.4. The summed E-state index contributed by atoms with van der Waals surface area (Å²) in [5.41, 5.74) is 10.9. The summed E-state index contributed by atoms with van der Waals surface area (Å²) in [6.45, 7) is 12.9. The molecule has 1 N–H and O–H groups in total. The van der Waals surface area contributed by atoms with Gasteiger partial charge in [-0.2, -0.15) is 0 Å². The number of carboxylic acid groups (broad SMARTS) is 1. The van der Waals surface area contributed by atoms with Gasteiger partial charge >= 0.3 is 5.97 Å². The topological polar surface area (TPSA) is 125 Å². The number of amides is 1. The van der Waals surface area contributed by atoms with Gasteiger partial charge in [0.05, 0.1) is 40.6 Å². The summed E-state index contributed by atoms with van der Waals surface area (Å²) < 4.78 is 16.6. The molecular weight excluding hydrogens is 860 g/mol. The van der Waals surface area contributed by atoms with Gasteiger partial charge in [-0.1, -0.05) is 65.7 Å². The van der Waals surface area contributed by atoms with E-state index in [0.29, 0.717) is 63.2 Å². The number of carbonyl (C=O) groups excluding carboxylic acids is 1. The van der Waals surface area contributed by atoms with Crippen molar-refractivity contribution in [2.75, 3.05) is 18.1 Å². The van der Waals surface area contributed by atoms with Crippen LogP contribution in [0.1, 0.15) is 85.4 Å². The van der Waals surface area contributed by atoms with Gasteiger partial charge in [-0.15, -0.1) is 0 Å². The average Bonchev–Trinajstić information content (AvgIpc) is 3.81. The molecule has 0 saturated carbocycles. The van der Waals surface area contributed by atoms with Crippen molar-refractivity contribution in [3.05, 3.63) is 164 Å². The molecule has 0 bridgehead atoms. The highest BCUT2D eigenvalue weighted by Gasteiger charge is 2.38. The largest absolute Gasteiger partial charge is 0.494 e. The predicted molar refractivity (Wildman–Crippen MR) is 256 cm³/mol. The fourth-order valence-corrected chi connectivity index (χ4v) is 9.70. The van der Waals surface area contributed by atoms with Gasteiger partial charge in [0.15, 0.2) is 0 Å². The molecule has 4 aromatic carbocycles. The Balaban J connectivity index is 1.22. The Morgan fingerprint density at radius 1 is 0.831 bits per heavy atom. The molecule has 0 spiro atoms. The van der Waals surface area contributed by atoms with Crippen LogP contribution in [-0.2, 0) is 19.6 Å². The molecule has 4 aromatic heterocycles. The first kappa shape index (κ1) is 43.6. The van der Waals surface area contributed by atoms with E-state index in [1.807, 2.05) is 120 Å². The van der Waals surface area contributed by atoms with E-state index >= 15 is 4.79 Å². The van der Waals surface area contributed by atoms with Crippen molar-refractivity contribution in [2.24, 2.45) is 0 Å². The minimum Gasteiger partial charge on any atom is -0.494 e. The lowest BCUT2D eigenvalue weighted by Gasteiger charge is -2.35.